The van der Waals surface area contributed by atoms with Crippen molar-refractivity contribution in [2.45, 2.75) is 33.2 Å². The summed E-state index contributed by atoms with van der Waals surface area (Å²) in [5.41, 5.74) is 0. The molecule has 1 fully saturated rings. The number of rotatable bonds is 7. The van der Waals surface area contributed by atoms with Crippen molar-refractivity contribution in [3.05, 3.63) is 12.2 Å². The Morgan fingerprint density at radius 3 is 2.43 bits per heavy atom. The molecule has 130 valence electrons. The van der Waals surface area contributed by atoms with Crippen LogP contribution in [0.5, 0.6) is 0 Å². The van der Waals surface area contributed by atoms with Crippen molar-refractivity contribution in [2.75, 3.05) is 39.3 Å². The molecule has 1 aromatic rings. The Morgan fingerprint density at radius 1 is 1.26 bits per heavy atom. The second-order valence-corrected chi connectivity index (χ2v) is 6.70. The molecule has 1 amide bonds. The second-order valence-electron chi connectivity index (χ2n) is 6.70. The number of carbonyl (C=O) groups is 1. The van der Waals surface area contributed by atoms with Crippen molar-refractivity contribution in [3.8, 4) is 0 Å². The van der Waals surface area contributed by atoms with Crippen molar-refractivity contribution in [1.29, 1.82) is 0 Å². The first-order chi connectivity index (χ1) is 11.0. The molecule has 1 atom stereocenters. The summed E-state index contributed by atoms with van der Waals surface area (Å²) in [5.74, 6) is 1.37. The molecule has 7 nitrogen and oxygen atoms in total. The van der Waals surface area contributed by atoms with Crippen molar-refractivity contribution < 1.29 is 4.79 Å². The van der Waals surface area contributed by atoms with E-state index < -0.39 is 0 Å². The zero-order valence-electron chi connectivity index (χ0n) is 14.8. The van der Waals surface area contributed by atoms with Crippen molar-refractivity contribution in [3.63, 3.8) is 0 Å². The van der Waals surface area contributed by atoms with E-state index in [1.54, 1.807) is 11.0 Å². The number of aryl methyl sites for hydroxylation is 1. The maximum absolute atomic E-state index is 12.4. The fraction of sp³-hybridized carbons (Fsp3) is 0.812. The van der Waals surface area contributed by atoms with Gasteiger partial charge in [-0.15, -0.1) is 0 Å². The van der Waals surface area contributed by atoms with E-state index >= 15 is 0 Å². The van der Waals surface area contributed by atoms with Crippen LogP contribution in [0.3, 0.4) is 0 Å². The minimum Gasteiger partial charge on any atom is -0.345 e. The van der Waals surface area contributed by atoms with E-state index in [4.69, 9.17) is 0 Å². The molecule has 0 unspecified atom stereocenters. The molecule has 2 rings (SSSR count). The van der Waals surface area contributed by atoms with Crippen LogP contribution in [0, 0.1) is 5.92 Å². The molecule has 1 N–H and O–H groups in total. The highest BCUT2D eigenvalue weighted by Crippen LogP contribution is 2.18. The third kappa shape index (κ3) is 5.28. The summed E-state index contributed by atoms with van der Waals surface area (Å²) in [5, 5.41) is 7.27. The Hall–Kier alpha value is -1.47. The number of aromatic nitrogens is 3. The van der Waals surface area contributed by atoms with Crippen molar-refractivity contribution in [1.82, 2.24) is 29.9 Å². The van der Waals surface area contributed by atoms with Crippen LogP contribution < -0.4 is 5.32 Å². The van der Waals surface area contributed by atoms with Gasteiger partial charge in [-0.05, 0) is 18.9 Å². The molecule has 1 aliphatic rings. The zero-order chi connectivity index (χ0) is 16.8. The quantitative estimate of drug-likeness (QED) is 0.799. The molecule has 0 aromatic carbocycles. The molecule has 1 aliphatic heterocycles. The number of piperazine rings is 1. The van der Waals surface area contributed by atoms with Gasteiger partial charge in [-0.25, -0.2) is 4.98 Å². The average Bonchev–Trinajstić information content (AvgIpc) is 2.93. The minimum atomic E-state index is -0.0769. The molecule has 1 aromatic heterocycles. The molecule has 0 aliphatic carbocycles. The molecule has 0 spiro atoms. The van der Waals surface area contributed by atoms with E-state index in [1.165, 1.54) is 0 Å². The number of hydrogen-bond donors (Lipinski definition) is 1. The lowest BCUT2D eigenvalue weighted by atomic mass is 10.0. The molecule has 0 saturated carbocycles. The number of nitrogens with zero attached hydrogens (tertiary/aromatic N) is 5. The van der Waals surface area contributed by atoms with Gasteiger partial charge in [0.2, 0.25) is 5.91 Å². The van der Waals surface area contributed by atoms with Gasteiger partial charge >= 0.3 is 0 Å². The Labute approximate surface area is 139 Å². The van der Waals surface area contributed by atoms with E-state index in [1.807, 2.05) is 7.05 Å². The smallest absolute Gasteiger partial charge is 0.234 e. The third-order valence-electron chi connectivity index (χ3n) is 4.38. The number of hydrogen-bond acceptors (Lipinski definition) is 5. The van der Waals surface area contributed by atoms with Crippen molar-refractivity contribution in [2.24, 2.45) is 13.0 Å². The number of likely N-dealkylation sites (N-methyl/N-ethyl adjacent to an activating group) is 1. The van der Waals surface area contributed by atoms with E-state index in [-0.39, 0.29) is 11.9 Å². The second kappa shape index (κ2) is 8.40. The Balaban J connectivity index is 1.89. The monoisotopic (exact) mass is 322 g/mol. The largest absolute Gasteiger partial charge is 0.345 e. The molecule has 0 bridgehead atoms. The van der Waals surface area contributed by atoms with Crippen LogP contribution in [0.4, 0.5) is 0 Å². The summed E-state index contributed by atoms with van der Waals surface area (Å²) >= 11 is 0. The lowest BCUT2D eigenvalue weighted by molar-refractivity contribution is -0.123. The van der Waals surface area contributed by atoms with Crippen LogP contribution in [-0.2, 0) is 11.8 Å². The molecule has 1 saturated heterocycles. The van der Waals surface area contributed by atoms with Crippen molar-refractivity contribution >= 4 is 5.91 Å². The standard InChI is InChI=1S/C16H30N6O/c1-5-21-6-8-22(9-7-21)11-15(23)19-14(10-13(2)3)16-17-12-18-20(16)4/h12-14H,5-11H2,1-4H3,(H,19,23)/t14-/m1/s1. The number of carbonyl (C=O) groups excluding carboxylic acids is 1. The zero-order valence-corrected chi connectivity index (χ0v) is 14.8. The van der Waals surface area contributed by atoms with Crippen LogP contribution in [0.2, 0.25) is 0 Å². The summed E-state index contributed by atoms with van der Waals surface area (Å²) in [4.78, 5) is 21.4. The molecule has 23 heavy (non-hydrogen) atoms. The average molecular weight is 322 g/mol. The van der Waals surface area contributed by atoms with Gasteiger partial charge in [0.1, 0.15) is 12.2 Å². The fourth-order valence-corrected chi connectivity index (χ4v) is 3.03. The molecule has 0 radical (unpaired) electrons. The van der Waals surface area contributed by atoms with Gasteiger partial charge in [0.05, 0.1) is 12.6 Å². The minimum absolute atomic E-state index is 0.0728. The highest BCUT2D eigenvalue weighted by atomic mass is 16.2. The number of nitrogens with one attached hydrogen (secondary N) is 1. The van der Waals surface area contributed by atoms with Gasteiger partial charge in [0.25, 0.3) is 0 Å². The van der Waals surface area contributed by atoms with Gasteiger partial charge in [0.15, 0.2) is 0 Å². The normalized spacial score (nSPS) is 18.3. The topological polar surface area (TPSA) is 66.3 Å². The van der Waals surface area contributed by atoms with E-state index in [9.17, 15) is 4.79 Å². The summed E-state index contributed by atoms with van der Waals surface area (Å²) in [6.07, 6.45) is 2.40. The third-order valence-corrected chi connectivity index (χ3v) is 4.38. The SMILES string of the molecule is CCN1CCN(CC(=O)N[C@H](CC(C)C)c2ncnn2C)CC1. The first kappa shape index (κ1) is 17.9. The van der Waals surface area contributed by atoms with Crippen LogP contribution in [0.25, 0.3) is 0 Å². The fourth-order valence-electron chi connectivity index (χ4n) is 3.03. The van der Waals surface area contributed by atoms with Gasteiger partial charge in [-0.2, -0.15) is 5.10 Å². The lowest BCUT2D eigenvalue weighted by Crippen LogP contribution is -2.49. The van der Waals surface area contributed by atoms with Crippen LogP contribution >= 0.6 is 0 Å². The lowest BCUT2D eigenvalue weighted by Gasteiger charge is -2.33. The highest BCUT2D eigenvalue weighted by molar-refractivity contribution is 5.78. The highest BCUT2D eigenvalue weighted by Gasteiger charge is 2.23. The van der Waals surface area contributed by atoms with Gasteiger partial charge in [0, 0.05) is 33.2 Å². The Bertz CT molecular complexity index is 493. The first-order valence-electron chi connectivity index (χ1n) is 8.57. The Kier molecular flexibility index (Phi) is 6.53. The molecule has 7 heteroatoms. The summed E-state index contributed by atoms with van der Waals surface area (Å²) < 4.78 is 1.74. The summed E-state index contributed by atoms with van der Waals surface area (Å²) in [6, 6.07) is -0.0769. The van der Waals surface area contributed by atoms with Crippen LogP contribution in [0.15, 0.2) is 6.33 Å². The van der Waals surface area contributed by atoms with Gasteiger partial charge in [-0.1, -0.05) is 20.8 Å². The molecule has 2 heterocycles. The van der Waals surface area contributed by atoms with Gasteiger partial charge in [-0.3, -0.25) is 14.4 Å². The van der Waals surface area contributed by atoms with E-state index in [0.717, 1.165) is 45.0 Å². The predicted molar refractivity (Wildman–Crippen MR) is 89.9 cm³/mol. The summed E-state index contributed by atoms with van der Waals surface area (Å²) in [6.45, 7) is 12.0. The maximum Gasteiger partial charge on any atom is 0.234 e. The van der Waals surface area contributed by atoms with E-state index in [2.05, 4.69) is 46.0 Å². The molecular formula is C16H30N6O. The van der Waals surface area contributed by atoms with E-state index in [0.29, 0.717) is 12.5 Å². The summed E-state index contributed by atoms with van der Waals surface area (Å²) in [7, 11) is 1.87. The number of amides is 1. The predicted octanol–water partition coefficient (Wildman–Crippen LogP) is 0.656. The first-order valence-corrected chi connectivity index (χ1v) is 8.57. The van der Waals surface area contributed by atoms with Gasteiger partial charge < -0.3 is 10.2 Å². The molecular weight excluding hydrogens is 292 g/mol. The Morgan fingerprint density at radius 2 is 1.91 bits per heavy atom. The maximum atomic E-state index is 12.4. The van der Waals surface area contributed by atoms with Crippen LogP contribution in [-0.4, -0.2) is 69.7 Å². The van der Waals surface area contributed by atoms with Crippen LogP contribution in [0.1, 0.15) is 39.1 Å².